The molecule has 0 aliphatic heterocycles. The van der Waals surface area contributed by atoms with E-state index in [-0.39, 0.29) is 11.4 Å². The molecule has 0 saturated heterocycles. The second kappa shape index (κ2) is 5.87. The molecule has 108 valence electrons. The van der Waals surface area contributed by atoms with Crippen LogP contribution in [0.2, 0.25) is 0 Å². The van der Waals surface area contributed by atoms with Crippen molar-refractivity contribution in [2.45, 2.75) is 24.3 Å². The predicted octanol–water partition coefficient (Wildman–Crippen LogP) is 1.63. The fraction of sp³-hybridized carbons (Fsp3) is 0.357. The first-order valence-electron chi connectivity index (χ1n) is 6.41. The van der Waals surface area contributed by atoms with E-state index in [1.165, 1.54) is 11.4 Å². The Kier molecular flexibility index (Phi) is 4.37. The van der Waals surface area contributed by atoms with Gasteiger partial charge in [-0.25, -0.2) is 12.7 Å². The Morgan fingerprint density at radius 3 is 2.75 bits per heavy atom. The molecule has 0 fully saturated rings. The van der Waals surface area contributed by atoms with Gasteiger partial charge in [0.25, 0.3) is 0 Å². The molecule has 0 radical (unpaired) electrons. The molecule has 6 heteroatoms. The Morgan fingerprint density at radius 1 is 1.30 bits per heavy atom. The lowest BCUT2D eigenvalue weighted by atomic mass is 10.2. The normalized spacial score (nSPS) is 13.8. The average Bonchev–Trinajstić information content (AvgIpc) is 2.43. The van der Waals surface area contributed by atoms with Gasteiger partial charge in [-0.2, -0.15) is 0 Å². The van der Waals surface area contributed by atoms with Gasteiger partial charge in [-0.3, -0.25) is 4.98 Å². The third-order valence-electron chi connectivity index (χ3n) is 3.16. The lowest BCUT2D eigenvalue weighted by Gasteiger charge is -2.18. The van der Waals surface area contributed by atoms with Crippen molar-refractivity contribution >= 4 is 20.9 Å². The van der Waals surface area contributed by atoms with E-state index in [4.69, 9.17) is 0 Å². The number of hydrogen-bond acceptors (Lipinski definition) is 4. The molecule has 0 amide bonds. The minimum Gasteiger partial charge on any atom is -0.393 e. The molecule has 2 aromatic rings. The van der Waals surface area contributed by atoms with E-state index >= 15 is 0 Å². The van der Waals surface area contributed by atoms with Gasteiger partial charge in [-0.15, -0.1) is 0 Å². The molecular formula is C14H18N2O3S. The van der Waals surface area contributed by atoms with E-state index in [0.29, 0.717) is 17.3 Å². The fourth-order valence-electron chi connectivity index (χ4n) is 1.96. The van der Waals surface area contributed by atoms with Crippen LogP contribution in [0.3, 0.4) is 0 Å². The zero-order chi connectivity index (χ0) is 14.8. The van der Waals surface area contributed by atoms with Gasteiger partial charge >= 0.3 is 0 Å². The summed E-state index contributed by atoms with van der Waals surface area (Å²) in [7, 11) is -2.06. The second-order valence-electron chi connectivity index (χ2n) is 4.79. The Morgan fingerprint density at radius 2 is 2.05 bits per heavy atom. The van der Waals surface area contributed by atoms with Gasteiger partial charge < -0.3 is 5.11 Å². The van der Waals surface area contributed by atoms with Gasteiger partial charge in [0, 0.05) is 25.2 Å². The number of sulfonamides is 1. The van der Waals surface area contributed by atoms with Crippen LogP contribution < -0.4 is 0 Å². The highest BCUT2D eigenvalue weighted by Gasteiger charge is 2.23. The molecule has 0 aliphatic carbocycles. The van der Waals surface area contributed by atoms with Crippen molar-refractivity contribution in [2.75, 3.05) is 13.6 Å². The topological polar surface area (TPSA) is 70.5 Å². The summed E-state index contributed by atoms with van der Waals surface area (Å²) in [6.07, 6.45) is 1.51. The molecule has 0 saturated carbocycles. The number of aromatic nitrogens is 1. The van der Waals surface area contributed by atoms with Crippen LogP contribution in [0.5, 0.6) is 0 Å². The first-order valence-corrected chi connectivity index (χ1v) is 7.85. The number of pyridine rings is 1. The van der Waals surface area contributed by atoms with Crippen molar-refractivity contribution in [1.82, 2.24) is 9.29 Å². The van der Waals surface area contributed by atoms with Gasteiger partial charge in [0.15, 0.2) is 0 Å². The molecule has 20 heavy (non-hydrogen) atoms. The van der Waals surface area contributed by atoms with E-state index in [2.05, 4.69) is 4.98 Å². The molecule has 1 aromatic carbocycles. The van der Waals surface area contributed by atoms with E-state index in [1.807, 2.05) is 0 Å². The molecule has 1 heterocycles. The summed E-state index contributed by atoms with van der Waals surface area (Å²) in [6, 6.07) is 8.52. The van der Waals surface area contributed by atoms with Crippen LogP contribution in [0.25, 0.3) is 10.9 Å². The Labute approximate surface area is 118 Å². The Hall–Kier alpha value is -1.50. The molecule has 2 rings (SSSR count). The second-order valence-corrected chi connectivity index (χ2v) is 6.80. The first kappa shape index (κ1) is 14.9. The maximum absolute atomic E-state index is 12.6. The zero-order valence-corrected chi connectivity index (χ0v) is 12.3. The lowest BCUT2D eigenvalue weighted by molar-refractivity contribution is 0.177. The van der Waals surface area contributed by atoms with Gasteiger partial charge in [0.1, 0.15) is 0 Å². The lowest BCUT2D eigenvalue weighted by Crippen LogP contribution is -2.29. The molecule has 5 nitrogen and oxygen atoms in total. The summed E-state index contributed by atoms with van der Waals surface area (Å²) >= 11 is 0. The minimum atomic E-state index is -3.58. The number of hydrogen-bond donors (Lipinski definition) is 1. The van der Waals surface area contributed by atoms with Crippen molar-refractivity contribution in [1.29, 1.82) is 0 Å². The largest absolute Gasteiger partial charge is 0.393 e. The van der Waals surface area contributed by atoms with Crippen LogP contribution in [0, 0.1) is 0 Å². The quantitative estimate of drug-likeness (QED) is 0.910. The van der Waals surface area contributed by atoms with E-state index < -0.39 is 16.1 Å². The third-order valence-corrected chi connectivity index (χ3v) is 5.07. The highest BCUT2D eigenvalue weighted by Crippen LogP contribution is 2.23. The highest BCUT2D eigenvalue weighted by molar-refractivity contribution is 7.89. The molecule has 0 bridgehead atoms. The average molecular weight is 294 g/mol. The minimum absolute atomic E-state index is 0.246. The standard InChI is InChI=1S/C14H18N2O3S/c1-11(17)8-10-16(2)20(18,19)14-7-3-6-13-12(14)5-4-9-15-13/h3-7,9,11,17H,8,10H2,1-2H3. The first-order chi connectivity index (χ1) is 9.43. The number of fused-ring (bicyclic) bond motifs is 1. The van der Waals surface area contributed by atoms with Crippen LogP contribution >= 0.6 is 0 Å². The molecule has 1 unspecified atom stereocenters. The smallest absolute Gasteiger partial charge is 0.243 e. The van der Waals surface area contributed by atoms with Crippen molar-refractivity contribution in [3.63, 3.8) is 0 Å². The number of nitrogens with zero attached hydrogens (tertiary/aromatic N) is 2. The van der Waals surface area contributed by atoms with Crippen molar-refractivity contribution in [3.8, 4) is 0 Å². The van der Waals surface area contributed by atoms with Gasteiger partial charge in [-0.1, -0.05) is 6.07 Å². The maximum Gasteiger partial charge on any atom is 0.243 e. The maximum atomic E-state index is 12.6. The van der Waals surface area contributed by atoms with E-state index in [9.17, 15) is 13.5 Å². The van der Waals surface area contributed by atoms with Crippen LogP contribution in [-0.2, 0) is 10.0 Å². The van der Waals surface area contributed by atoms with Crippen LogP contribution in [0.15, 0.2) is 41.4 Å². The molecule has 0 aliphatic rings. The van der Waals surface area contributed by atoms with Crippen molar-refractivity contribution in [3.05, 3.63) is 36.5 Å². The number of aliphatic hydroxyl groups is 1. The van der Waals surface area contributed by atoms with Crippen molar-refractivity contribution in [2.24, 2.45) is 0 Å². The summed E-state index contributed by atoms with van der Waals surface area (Å²) in [5, 5.41) is 9.89. The summed E-state index contributed by atoms with van der Waals surface area (Å²) in [5.41, 5.74) is 0.650. The molecule has 1 aromatic heterocycles. The van der Waals surface area contributed by atoms with Gasteiger partial charge in [0.2, 0.25) is 10.0 Å². The SMILES string of the molecule is CC(O)CCN(C)S(=O)(=O)c1cccc2ncccc12. The Bertz CT molecular complexity index is 693. The van der Waals surface area contributed by atoms with E-state index in [1.54, 1.807) is 43.5 Å². The van der Waals surface area contributed by atoms with Crippen LogP contribution in [0.1, 0.15) is 13.3 Å². The van der Waals surface area contributed by atoms with Crippen molar-refractivity contribution < 1.29 is 13.5 Å². The van der Waals surface area contributed by atoms with E-state index in [0.717, 1.165) is 0 Å². The predicted molar refractivity (Wildman–Crippen MR) is 77.9 cm³/mol. The molecule has 1 atom stereocenters. The molecule has 0 spiro atoms. The molecular weight excluding hydrogens is 276 g/mol. The molecule has 1 N–H and O–H groups in total. The number of benzene rings is 1. The monoisotopic (exact) mass is 294 g/mol. The summed E-state index contributed by atoms with van der Waals surface area (Å²) < 4.78 is 26.4. The highest BCUT2D eigenvalue weighted by atomic mass is 32.2. The number of aliphatic hydroxyl groups excluding tert-OH is 1. The Balaban J connectivity index is 2.41. The van der Waals surface area contributed by atoms with Gasteiger partial charge in [0.05, 0.1) is 16.5 Å². The summed E-state index contributed by atoms with van der Waals surface area (Å²) in [6.45, 7) is 1.92. The fourth-order valence-corrected chi connectivity index (χ4v) is 3.34. The van der Waals surface area contributed by atoms with Gasteiger partial charge in [-0.05, 0) is 37.6 Å². The third kappa shape index (κ3) is 2.98. The summed E-state index contributed by atoms with van der Waals surface area (Å²) in [5.74, 6) is 0. The van der Waals surface area contributed by atoms with Crippen LogP contribution in [-0.4, -0.2) is 42.5 Å². The summed E-state index contributed by atoms with van der Waals surface area (Å²) in [4.78, 5) is 4.41. The number of rotatable bonds is 5. The zero-order valence-electron chi connectivity index (χ0n) is 11.5. The van der Waals surface area contributed by atoms with Crippen LogP contribution in [0.4, 0.5) is 0 Å².